The molecular weight excluding hydrogens is 637 g/mol. The van der Waals surface area contributed by atoms with Crippen molar-refractivity contribution in [2.75, 3.05) is 0 Å². The van der Waals surface area contributed by atoms with Crippen LogP contribution in [0.25, 0.3) is 28.3 Å². The summed E-state index contributed by atoms with van der Waals surface area (Å²) in [6.07, 6.45) is 8.74. The molecule has 0 amide bonds. The Labute approximate surface area is 322 Å². The van der Waals surface area contributed by atoms with Gasteiger partial charge in [-0.1, -0.05) is 190 Å². The maximum absolute atomic E-state index is 2.57. The molecule has 6 rings (SSSR count). The lowest BCUT2D eigenvalue weighted by molar-refractivity contribution is 0.516. The second kappa shape index (κ2) is 13.1. The molecule has 0 aromatic heterocycles. The molecule has 0 aliphatic heterocycles. The van der Waals surface area contributed by atoms with Crippen LogP contribution >= 0.6 is 0 Å². The molecule has 4 aromatic carbocycles. The number of fused-ring (bicyclic) bond motifs is 3. The maximum Gasteiger partial charge on any atom is 0.00277 e. The van der Waals surface area contributed by atoms with Crippen LogP contribution in [0.15, 0.2) is 90.5 Å². The minimum Gasteiger partial charge on any atom is -0.0732 e. The number of hydrogen-bond donors (Lipinski definition) is 0. The average molecular weight is 703 g/mol. The van der Waals surface area contributed by atoms with E-state index in [1.165, 1.54) is 82.8 Å². The Morgan fingerprint density at radius 2 is 1.00 bits per heavy atom. The molecule has 0 saturated heterocycles. The third kappa shape index (κ3) is 7.45. The predicted octanol–water partition coefficient (Wildman–Crippen LogP) is 13.3. The molecule has 4 aromatic rings. The van der Waals surface area contributed by atoms with Crippen molar-refractivity contribution < 1.29 is 0 Å². The van der Waals surface area contributed by atoms with Gasteiger partial charge in [0.1, 0.15) is 0 Å². The number of benzene rings is 4. The first-order valence-corrected chi connectivity index (χ1v) is 20.1. The van der Waals surface area contributed by atoms with Crippen molar-refractivity contribution in [3.8, 4) is 11.1 Å². The molecular formula is C53H66. The van der Waals surface area contributed by atoms with E-state index in [1.54, 1.807) is 0 Å². The molecule has 1 atom stereocenters. The molecule has 0 N–H and O–H groups in total. The van der Waals surface area contributed by atoms with Crippen LogP contribution in [0.5, 0.6) is 0 Å². The first-order chi connectivity index (χ1) is 24.4. The Morgan fingerprint density at radius 1 is 0.509 bits per heavy atom. The summed E-state index contributed by atoms with van der Waals surface area (Å²) >= 11 is 0. The molecule has 0 spiro atoms. The van der Waals surface area contributed by atoms with Crippen molar-refractivity contribution in [2.24, 2.45) is 11.3 Å². The molecule has 0 bridgehead atoms. The molecule has 1 unspecified atom stereocenters. The van der Waals surface area contributed by atoms with Gasteiger partial charge in [0.2, 0.25) is 0 Å². The third-order valence-corrected chi connectivity index (χ3v) is 11.7. The zero-order valence-electron chi connectivity index (χ0n) is 35.9. The predicted molar refractivity (Wildman–Crippen MR) is 233 cm³/mol. The lowest BCUT2D eigenvalue weighted by Gasteiger charge is -2.29. The van der Waals surface area contributed by atoms with Crippen LogP contribution in [-0.2, 0) is 21.7 Å². The Hall–Kier alpha value is -3.90. The van der Waals surface area contributed by atoms with Crippen molar-refractivity contribution in [3.63, 3.8) is 0 Å². The van der Waals surface area contributed by atoms with E-state index in [1.807, 2.05) is 0 Å². The van der Waals surface area contributed by atoms with E-state index in [0.29, 0.717) is 5.92 Å². The highest BCUT2D eigenvalue weighted by Crippen LogP contribution is 2.44. The van der Waals surface area contributed by atoms with Crippen LogP contribution in [0.2, 0.25) is 0 Å². The molecule has 0 fully saturated rings. The Morgan fingerprint density at radius 3 is 1.43 bits per heavy atom. The van der Waals surface area contributed by atoms with Crippen LogP contribution in [0.3, 0.4) is 0 Å². The standard InChI is InChI=1S/C53H66/c1-17-33-28-40(52(11,12)13)31-42(33)47-44-30-36-29-39(51(8,9)10)26-27-41(36)43(44)32-45(48(47)53(14,15)16)46(34-18-22-37(23-19-34)49(2,3)4)35-20-24-38(25-21-35)50(5,6)7/h18-33H,17H2,1-16H3. The van der Waals surface area contributed by atoms with Crippen molar-refractivity contribution >= 4 is 17.2 Å². The van der Waals surface area contributed by atoms with Crippen LogP contribution in [-0.4, -0.2) is 0 Å². The van der Waals surface area contributed by atoms with Gasteiger partial charge in [-0.25, -0.2) is 0 Å². The van der Waals surface area contributed by atoms with Gasteiger partial charge in [-0.15, -0.1) is 0 Å². The van der Waals surface area contributed by atoms with Gasteiger partial charge < -0.3 is 0 Å². The van der Waals surface area contributed by atoms with Crippen molar-refractivity contribution in [1.29, 1.82) is 0 Å². The molecule has 0 radical (unpaired) electrons. The normalized spacial score (nSPS) is 16.2. The minimum absolute atomic E-state index is 0.0764. The topological polar surface area (TPSA) is 0 Å². The highest BCUT2D eigenvalue weighted by molar-refractivity contribution is 5.92. The van der Waals surface area contributed by atoms with E-state index in [-0.39, 0.29) is 27.1 Å². The van der Waals surface area contributed by atoms with Gasteiger partial charge in [0, 0.05) is 5.92 Å². The summed E-state index contributed by atoms with van der Waals surface area (Å²) in [5.41, 5.74) is 18.0. The molecule has 278 valence electrons. The van der Waals surface area contributed by atoms with Gasteiger partial charge >= 0.3 is 0 Å². The molecule has 0 saturated carbocycles. The van der Waals surface area contributed by atoms with Crippen molar-refractivity contribution in [1.82, 2.24) is 0 Å². The third-order valence-electron chi connectivity index (χ3n) is 11.7. The van der Waals surface area contributed by atoms with E-state index < -0.39 is 0 Å². The minimum atomic E-state index is -0.134. The second-order valence-electron chi connectivity index (χ2n) is 21.1. The fourth-order valence-corrected chi connectivity index (χ4v) is 8.34. The van der Waals surface area contributed by atoms with E-state index in [9.17, 15) is 0 Å². The first-order valence-electron chi connectivity index (χ1n) is 20.1. The molecule has 0 heterocycles. The van der Waals surface area contributed by atoms with E-state index in [0.717, 1.165) is 6.42 Å². The van der Waals surface area contributed by atoms with Gasteiger partial charge in [-0.05, 0) is 128 Å². The molecule has 0 nitrogen and oxygen atoms in total. The van der Waals surface area contributed by atoms with E-state index >= 15 is 0 Å². The van der Waals surface area contributed by atoms with Gasteiger partial charge in [-0.3, -0.25) is 0 Å². The van der Waals surface area contributed by atoms with Crippen molar-refractivity contribution in [2.45, 2.75) is 139 Å². The maximum atomic E-state index is 2.57. The summed E-state index contributed by atoms with van der Waals surface area (Å²) in [5, 5.41) is 2.73. The van der Waals surface area contributed by atoms with Gasteiger partial charge in [0.05, 0.1) is 0 Å². The first kappa shape index (κ1) is 38.8. The second-order valence-corrected chi connectivity index (χ2v) is 21.1. The molecule has 0 heteroatoms. The summed E-state index contributed by atoms with van der Waals surface area (Å²) in [7, 11) is 0. The Kier molecular flexibility index (Phi) is 9.63. The lowest BCUT2D eigenvalue weighted by atomic mass is 9.74. The highest BCUT2D eigenvalue weighted by Gasteiger charge is 2.33. The zero-order chi connectivity index (χ0) is 39.1. The number of rotatable bonds is 4. The SMILES string of the molecule is CCC1C=C(C(C)(C)C)C=C1c1c(C(C)(C)C)c(=C(c2ccc(C(C)(C)C)cc2)c2ccc(C(C)(C)C)cc2)cc2c1=Cc1cc(C(C)(C)C)ccc1-2. The van der Waals surface area contributed by atoms with Crippen LogP contribution in [0, 0.1) is 11.3 Å². The smallest absolute Gasteiger partial charge is 0.00277 e. The summed E-state index contributed by atoms with van der Waals surface area (Å²) in [4.78, 5) is 0. The number of allylic oxidation sites excluding steroid dienone is 4. The van der Waals surface area contributed by atoms with E-state index in [2.05, 4.69) is 202 Å². The summed E-state index contributed by atoms with van der Waals surface area (Å²) in [5.74, 6) is 0.368. The highest BCUT2D eigenvalue weighted by atomic mass is 14.4. The Bertz CT molecular complexity index is 2170. The molecule has 2 aliphatic rings. The largest absolute Gasteiger partial charge is 0.0732 e. The van der Waals surface area contributed by atoms with Gasteiger partial charge in [0.15, 0.2) is 0 Å². The van der Waals surface area contributed by atoms with Crippen LogP contribution < -0.4 is 10.4 Å². The summed E-state index contributed by atoms with van der Waals surface area (Å²) in [6.45, 7) is 37.5. The zero-order valence-corrected chi connectivity index (χ0v) is 35.9. The molecule has 2 aliphatic carbocycles. The Balaban J connectivity index is 1.83. The summed E-state index contributed by atoms with van der Waals surface area (Å²) < 4.78 is 0. The van der Waals surface area contributed by atoms with Crippen LogP contribution in [0.4, 0.5) is 0 Å². The average Bonchev–Trinajstić information content (AvgIpc) is 3.65. The van der Waals surface area contributed by atoms with Crippen molar-refractivity contribution in [3.05, 3.63) is 145 Å². The monoisotopic (exact) mass is 703 g/mol. The quantitative estimate of drug-likeness (QED) is 0.175. The van der Waals surface area contributed by atoms with Crippen LogP contribution in [0.1, 0.15) is 162 Å². The fraction of sp³-hybridized carbons (Fsp3) is 0.434. The van der Waals surface area contributed by atoms with Gasteiger partial charge in [-0.2, -0.15) is 0 Å². The fourth-order valence-electron chi connectivity index (χ4n) is 8.34. The molecule has 53 heavy (non-hydrogen) atoms. The van der Waals surface area contributed by atoms with E-state index in [4.69, 9.17) is 0 Å². The summed E-state index contributed by atoms with van der Waals surface area (Å²) in [6, 6.07) is 28.7. The van der Waals surface area contributed by atoms with Gasteiger partial charge in [0.25, 0.3) is 0 Å². The lowest BCUT2D eigenvalue weighted by Crippen LogP contribution is -2.33. The number of hydrogen-bond acceptors (Lipinski definition) is 0.